The van der Waals surface area contributed by atoms with E-state index in [4.69, 9.17) is 35.3 Å². The molecule has 6 atom stereocenters. The maximum atomic E-state index is 12.6. The molecule has 218 valence electrons. The number of phosphoric ester groups is 1. The van der Waals surface area contributed by atoms with Crippen LogP contribution in [0.15, 0.2) is 17.1 Å². The van der Waals surface area contributed by atoms with Gasteiger partial charge in [-0.3, -0.25) is 9.09 Å². The van der Waals surface area contributed by atoms with Crippen molar-refractivity contribution in [3.8, 4) is 0 Å². The third kappa shape index (κ3) is 11.1. The molecule has 38 heavy (non-hydrogen) atoms. The van der Waals surface area contributed by atoms with Crippen LogP contribution in [-0.2, 0) is 36.3 Å². The highest BCUT2D eigenvalue weighted by atomic mass is 33.1. The second kappa shape index (κ2) is 14.3. The molecule has 1 aliphatic heterocycles. The number of rotatable bonds is 15. The van der Waals surface area contributed by atoms with Gasteiger partial charge >= 0.3 is 29.2 Å². The first-order valence-electron chi connectivity index (χ1n) is 10.5. The molecule has 0 amide bonds. The lowest BCUT2D eigenvalue weighted by atomic mass is 10.1. The predicted molar refractivity (Wildman–Crippen MR) is 139 cm³/mol. The zero-order valence-corrected chi connectivity index (χ0v) is 24.4. The van der Waals surface area contributed by atoms with Crippen molar-refractivity contribution in [2.75, 3.05) is 31.1 Å². The van der Waals surface area contributed by atoms with E-state index in [1.807, 2.05) is 13.2 Å². The molecule has 0 saturated carbocycles. The van der Waals surface area contributed by atoms with E-state index in [-0.39, 0.29) is 24.1 Å². The van der Waals surface area contributed by atoms with Gasteiger partial charge in [0.2, 0.25) is 0 Å². The number of nitrogens with two attached hydrogens (primary N) is 2. The van der Waals surface area contributed by atoms with Gasteiger partial charge in [0.1, 0.15) is 24.1 Å². The molecule has 0 spiro atoms. The summed E-state index contributed by atoms with van der Waals surface area (Å²) in [6.45, 7) is 1.53. The Bertz CT molecular complexity index is 1180. The van der Waals surface area contributed by atoms with E-state index in [0.717, 1.165) is 4.57 Å². The van der Waals surface area contributed by atoms with Crippen LogP contribution < -0.4 is 17.2 Å². The summed E-state index contributed by atoms with van der Waals surface area (Å²) in [6, 6.07) is 0. The number of aromatic nitrogens is 2. The maximum Gasteiger partial charge on any atom is 0.490 e. The molecule has 1 fully saturated rings. The summed E-state index contributed by atoms with van der Waals surface area (Å²) in [5, 5.41) is 0. The minimum Gasteiger partial charge on any atom is -0.383 e. The van der Waals surface area contributed by atoms with Crippen LogP contribution in [0.3, 0.4) is 0 Å². The van der Waals surface area contributed by atoms with Gasteiger partial charge in [-0.15, -0.1) is 0 Å². The molecule has 8 N–H and O–H groups in total. The standard InChI is InChI=1S/C16H29N4O13P3S2/c1-10(6-17)3-4-11-7-20(16(21)19-15(11)18)14-5-12(29-9-38-37-2)13(31-14)8-30-35(25,26)33-36(27,28)32-34(22,23)24/h3-4,7,10,12-14H,5-6,8-9,17H2,1-2H3,(H,25,26)(H,27,28)(H2,18,19,21)(H2,22,23,24)/b4-3+/t10?,12?,13-,14-/m1/s1. The van der Waals surface area contributed by atoms with Gasteiger partial charge < -0.3 is 40.5 Å². The van der Waals surface area contributed by atoms with E-state index in [2.05, 4.69) is 13.6 Å². The van der Waals surface area contributed by atoms with Gasteiger partial charge in [-0.2, -0.15) is 13.6 Å². The quantitative estimate of drug-likeness (QED) is 0.0683. The summed E-state index contributed by atoms with van der Waals surface area (Å²) in [5.41, 5.74) is 11.2. The van der Waals surface area contributed by atoms with Gasteiger partial charge in [-0.1, -0.05) is 40.7 Å². The summed E-state index contributed by atoms with van der Waals surface area (Å²) < 4.78 is 59.3. The molecular weight excluding hydrogens is 613 g/mol. The van der Waals surface area contributed by atoms with Crippen molar-refractivity contribution in [3.05, 3.63) is 28.3 Å². The first kappa shape index (κ1) is 33.6. The Hall–Kier alpha value is -0.590. The maximum absolute atomic E-state index is 12.6. The van der Waals surface area contributed by atoms with E-state index in [0.29, 0.717) is 12.1 Å². The second-order valence-electron chi connectivity index (χ2n) is 7.70. The van der Waals surface area contributed by atoms with Crippen LogP contribution in [0.2, 0.25) is 0 Å². The molecule has 2 heterocycles. The van der Waals surface area contributed by atoms with Crippen LogP contribution in [0, 0.1) is 5.92 Å². The minimum absolute atomic E-state index is 0.0157. The molecule has 2 rings (SSSR count). The van der Waals surface area contributed by atoms with Crippen molar-refractivity contribution in [1.82, 2.24) is 9.55 Å². The van der Waals surface area contributed by atoms with Gasteiger partial charge in [0.15, 0.2) is 0 Å². The molecule has 0 radical (unpaired) electrons. The molecule has 22 heteroatoms. The number of ether oxygens (including phenoxy) is 2. The number of phosphoric acid groups is 3. The van der Waals surface area contributed by atoms with Gasteiger partial charge in [0.25, 0.3) is 0 Å². The van der Waals surface area contributed by atoms with Crippen molar-refractivity contribution in [2.45, 2.75) is 31.8 Å². The Morgan fingerprint density at radius 1 is 1.26 bits per heavy atom. The van der Waals surface area contributed by atoms with Crippen molar-refractivity contribution in [3.63, 3.8) is 0 Å². The lowest BCUT2D eigenvalue weighted by Crippen LogP contribution is -2.29. The molecule has 1 aliphatic rings. The summed E-state index contributed by atoms with van der Waals surface area (Å²) >= 11 is 0. The summed E-state index contributed by atoms with van der Waals surface area (Å²) in [7, 11) is -13.9. The summed E-state index contributed by atoms with van der Waals surface area (Å²) in [5.74, 6) is 0.189. The normalized spacial score (nSPS) is 24.3. The smallest absolute Gasteiger partial charge is 0.383 e. The lowest BCUT2D eigenvalue weighted by molar-refractivity contribution is -0.0543. The highest BCUT2D eigenvalue weighted by Crippen LogP contribution is 2.66. The third-order valence-corrected chi connectivity index (χ3v) is 10.0. The molecule has 0 aromatic carbocycles. The molecule has 1 aromatic rings. The fraction of sp³-hybridized carbons (Fsp3) is 0.625. The van der Waals surface area contributed by atoms with Crippen molar-refractivity contribution >= 4 is 56.9 Å². The van der Waals surface area contributed by atoms with Crippen molar-refractivity contribution < 1.29 is 55.9 Å². The number of nitrogen functional groups attached to an aromatic ring is 1. The van der Waals surface area contributed by atoms with Crippen LogP contribution in [0.25, 0.3) is 6.08 Å². The van der Waals surface area contributed by atoms with Crippen LogP contribution >= 0.6 is 45.1 Å². The Morgan fingerprint density at radius 3 is 2.55 bits per heavy atom. The van der Waals surface area contributed by atoms with Crippen LogP contribution in [0.4, 0.5) is 5.82 Å². The zero-order chi connectivity index (χ0) is 28.7. The van der Waals surface area contributed by atoms with E-state index in [1.165, 1.54) is 27.8 Å². The SMILES string of the molecule is CSSCOC1C[C@H](n2cc(/C=C/C(C)CN)c(N)nc2=O)O[C@@H]1COP(=O)(O)OP(=O)(O)OP(=O)(O)O. The highest BCUT2D eigenvalue weighted by molar-refractivity contribution is 8.76. The molecule has 4 unspecified atom stereocenters. The number of hydrogen-bond donors (Lipinski definition) is 6. The predicted octanol–water partition coefficient (Wildman–Crippen LogP) is 1.42. The van der Waals surface area contributed by atoms with Crippen LogP contribution in [-0.4, -0.2) is 66.7 Å². The van der Waals surface area contributed by atoms with Crippen molar-refractivity contribution in [1.29, 1.82) is 0 Å². The first-order valence-corrected chi connectivity index (χ1v) is 17.8. The Morgan fingerprint density at radius 2 is 1.95 bits per heavy atom. The second-order valence-corrected chi connectivity index (χ2v) is 14.6. The zero-order valence-electron chi connectivity index (χ0n) is 20.0. The summed E-state index contributed by atoms with van der Waals surface area (Å²) in [4.78, 5) is 52.7. The van der Waals surface area contributed by atoms with Gasteiger partial charge in [-0.05, 0) is 18.7 Å². The van der Waals surface area contributed by atoms with Crippen LogP contribution in [0.5, 0.6) is 0 Å². The molecule has 0 aliphatic carbocycles. The Kier molecular flexibility index (Phi) is 12.7. The van der Waals surface area contributed by atoms with Gasteiger partial charge in [0, 0.05) is 18.2 Å². The van der Waals surface area contributed by atoms with Gasteiger partial charge in [-0.25, -0.2) is 18.5 Å². The summed E-state index contributed by atoms with van der Waals surface area (Å²) in [6.07, 6.45) is 3.92. The fourth-order valence-electron chi connectivity index (χ4n) is 3.01. The van der Waals surface area contributed by atoms with E-state index >= 15 is 0 Å². The monoisotopic (exact) mass is 642 g/mol. The highest BCUT2D eigenvalue weighted by Gasteiger charge is 2.43. The Balaban J connectivity index is 2.21. The van der Waals surface area contributed by atoms with Crippen LogP contribution in [0.1, 0.15) is 25.1 Å². The van der Waals surface area contributed by atoms with Gasteiger partial charge in [0.05, 0.1) is 12.7 Å². The van der Waals surface area contributed by atoms with E-state index < -0.39 is 54.2 Å². The number of nitrogens with zero attached hydrogens (tertiary/aromatic N) is 2. The average Bonchev–Trinajstić information content (AvgIpc) is 3.17. The van der Waals surface area contributed by atoms with Crippen molar-refractivity contribution in [2.24, 2.45) is 11.7 Å². The largest absolute Gasteiger partial charge is 0.490 e. The minimum atomic E-state index is -5.69. The Labute approximate surface area is 225 Å². The first-order chi connectivity index (χ1) is 17.6. The lowest BCUT2D eigenvalue weighted by Gasteiger charge is -2.21. The fourth-order valence-corrected chi connectivity index (χ4v) is 6.82. The third-order valence-electron chi connectivity index (χ3n) is 4.74. The number of anilines is 1. The average molecular weight is 642 g/mol. The molecule has 1 aromatic heterocycles. The van der Waals surface area contributed by atoms with E-state index in [1.54, 1.807) is 12.2 Å². The molecule has 1 saturated heterocycles. The molecular formula is C16H29N4O13P3S2. The topological polar surface area (TPSA) is 265 Å². The molecule has 17 nitrogen and oxygen atoms in total. The van der Waals surface area contributed by atoms with E-state index in [9.17, 15) is 28.3 Å². The molecule has 0 bridgehead atoms. The number of hydrogen-bond acceptors (Lipinski definition) is 14.